The quantitative estimate of drug-likeness (QED) is 0.511. The molecular formula is C10H16. The van der Waals surface area contributed by atoms with Crippen molar-refractivity contribution in [2.45, 2.75) is 38.5 Å². The molecule has 2 rings (SSSR count). The standard InChI is InChI=1S/C10H16/c1-2-4-9-7-10(8-9)5-3-6-10/h2,9H,1,3-8H2. The van der Waals surface area contributed by atoms with E-state index in [1.165, 1.54) is 38.5 Å². The molecule has 0 heteroatoms. The number of rotatable bonds is 2. The smallest absolute Gasteiger partial charge is 0.0292 e. The van der Waals surface area contributed by atoms with E-state index in [1.807, 2.05) is 0 Å². The molecule has 0 saturated heterocycles. The summed E-state index contributed by atoms with van der Waals surface area (Å²) in [7, 11) is 0. The van der Waals surface area contributed by atoms with E-state index in [2.05, 4.69) is 12.7 Å². The lowest BCUT2D eigenvalue weighted by atomic mass is 9.51. The van der Waals surface area contributed by atoms with Crippen molar-refractivity contribution in [2.75, 3.05) is 0 Å². The molecule has 0 aliphatic heterocycles. The van der Waals surface area contributed by atoms with Gasteiger partial charge in [0.2, 0.25) is 0 Å². The van der Waals surface area contributed by atoms with Gasteiger partial charge in [0, 0.05) is 0 Å². The van der Waals surface area contributed by atoms with Gasteiger partial charge >= 0.3 is 0 Å². The highest BCUT2D eigenvalue weighted by atomic mass is 14.5. The molecule has 0 aromatic rings. The first kappa shape index (κ1) is 6.45. The van der Waals surface area contributed by atoms with Gasteiger partial charge in [-0.05, 0) is 43.4 Å². The number of hydrogen-bond acceptors (Lipinski definition) is 0. The molecule has 0 unspecified atom stereocenters. The fourth-order valence-electron chi connectivity index (χ4n) is 2.65. The van der Waals surface area contributed by atoms with Crippen molar-refractivity contribution in [3.63, 3.8) is 0 Å². The van der Waals surface area contributed by atoms with E-state index >= 15 is 0 Å². The van der Waals surface area contributed by atoms with E-state index in [4.69, 9.17) is 0 Å². The normalized spacial score (nSPS) is 29.2. The van der Waals surface area contributed by atoms with Crippen LogP contribution in [0.5, 0.6) is 0 Å². The number of allylic oxidation sites excluding steroid dienone is 1. The van der Waals surface area contributed by atoms with Gasteiger partial charge in [0.25, 0.3) is 0 Å². The topological polar surface area (TPSA) is 0 Å². The second-order valence-electron chi connectivity index (χ2n) is 4.15. The zero-order valence-electron chi connectivity index (χ0n) is 6.60. The lowest BCUT2D eigenvalue weighted by molar-refractivity contribution is -0.0228. The Morgan fingerprint density at radius 2 is 2.10 bits per heavy atom. The first-order valence-electron chi connectivity index (χ1n) is 4.46. The Morgan fingerprint density at radius 1 is 1.40 bits per heavy atom. The zero-order valence-corrected chi connectivity index (χ0v) is 6.60. The summed E-state index contributed by atoms with van der Waals surface area (Å²) in [4.78, 5) is 0. The summed E-state index contributed by atoms with van der Waals surface area (Å²) < 4.78 is 0. The Kier molecular flexibility index (Phi) is 1.36. The van der Waals surface area contributed by atoms with Crippen LogP contribution in [0.3, 0.4) is 0 Å². The molecule has 2 aliphatic rings. The maximum absolute atomic E-state index is 3.77. The molecule has 0 atom stereocenters. The third-order valence-corrected chi connectivity index (χ3v) is 3.36. The Labute approximate surface area is 63.3 Å². The number of hydrogen-bond donors (Lipinski definition) is 0. The van der Waals surface area contributed by atoms with Crippen LogP contribution in [0.2, 0.25) is 0 Å². The van der Waals surface area contributed by atoms with Crippen LogP contribution in [0.25, 0.3) is 0 Å². The third kappa shape index (κ3) is 0.817. The van der Waals surface area contributed by atoms with E-state index in [9.17, 15) is 0 Å². The van der Waals surface area contributed by atoms with Crippen LogP contribution in [-0.4, -0.2) is 0 Å². The highest BCUT2D eigenvalue weighted by molar-refractivity contribution is 5.00. The van der Waals surface area contributed by atoms with E-state index in [-0.39, 0.29) is 0 Å². The molecule has 0 radical (unpaired) electrons. The van der Waals surface area contributed by atoms with Gasteiger partial charge in [0.1, 0.15) is 0 Å². The zero-order chi connectivity index (χ0) is 7.03. The average molecular weight is 136 g/mol. The molecule has 2 aliphatic carbocycles. The second kappa shape index (κ2) is 2.11. The maximum Gasteiger partial charge on any atom is -0.0292 e. The molecule has 0 amide bonds. The monoisotopic (exact) mass is 136 g/mol. The molecule has 1 spiro atoms. The third-order valence-electron chi connectivity index (χ3n) is 3.36. The van der Waals surface area contributed by atoms with Crippen LogP contribution < -0.4 is 0 Å². The maximum atomic E-state index is 3.77. The van der Waals surface area contributed by atoms with Crippen LogP contribution in [0.4, 0.5) is 0 Å². The Balaban J connectivity index is 1.77. The van der Waals surface area contributed by atoms with E-state index < -0.39 is 0 Å². The average Bonchev–Trinajstić information content (AvgIpc) is 1.72. The molecule has 0 nitrogen and oxygen atoms in total. The van der Waals surface area contributed by atoms with Gasteiger partial charge in [-0.15, -0.1) is 6.58 Å². The first-order valence-corrected chi connectivity index (χ1v) is 4.46. The van der Waals surface area contributed by atoms with Crippen molar-refractivity contribution in [1.82, 2.24) is 0 Å². The molecule has 10 heavy (non-hydrogen) atoms. The summed E-state index contributed by atoms with van der Waals surface area (Å²) in [6.07, 6.45) is 10.9. The summed E-state index contributed by atoms with van der Waals surface area (Å²) in [5.74, 6) is 1.01. The lowest BCUT2D eigenvalue weighted by Gasteiger charge is -2.54. The summed E-state index contributed by atoms with van der Waals surface area (Å²) in [6, 6.07) is 0. The summed E-state index contributed by atoms with van der Waals surface area (Å²) in [5, 5.41) is 0. The Hall–Kier alpha value is -0.260. The van der Waals surface area contributed by atoms with Gasteiger partial charge in [-0.3, -0.25) is 0 Å². The second-order valence-corrected chi connectivity index (χ2v) is 4.15. The molecular weight excluding hydrogens is 120 g/mol. The lowest BCUT2D eigenvalue weighted by Crippen LogP contribution is -2.42. The molecule has 2 fully saturated rings. The van der Waals surface area contributed by atoms with Crippen LogP contribution in [0.15, 0.2) is 12.7 Å². The fourth-order valence-corrected chi connectivity index (χ4v) is 2.65. The van der Waals surface area contributed by atoms with Gasteiger partial charge in [0.05, 0.1) is 0 Å². The largest absolute Gasteiger partial charge is 0.103 e. The van der Waals surface area contributed by atoms with Crippen LogP contribution in [-0.2, 0) is 0 Å². The molecule has 0 bridgehead atoms. The fraction of sp³-hybridized carbons (Fsp3) is 0.800. The minimum atomic E-state index is 0.869. The molecule has 0 heterocycles. The van der Waals surface area contributed by atoms with Gasteiger partial charge < -0.3 is 0 Å². The van der Waals surface area contributed by atoms with E-state index in [1.54, 1.807) is 0 Å². The molecule has 0 aromatic heterocycles. The Bertz CT molecular complexity index is 134. The van der Waals surface area contributed by atoms with Gasteiger partial charge in [-0.1, -0.05) is 12.5 Å². The molecule has 2 saturated carbocycles. The van der Waals surface area contributed by atoms with Crippen LogP contribution in [0.1, 0.15) is 38.5 Å². The molecule has 0 N–H and O–H groups in total. The van der Waals surface area contributed by atoms with Crippen molar-refractivity contribution in [3.05, 3.63) is 12.7 Å². The van der Waals surface area contributed by atoms with Crippen LogP contribution >= 0.6 is 0 Å². The SMILES string of the molecule is C=CCC1CC2(CCC2)C1. The highest BCUT2D eigenvalue weighted by Gasteiger charge is 2.47. The summed E-state index contributed by atoms with van der Waals surface area (Å²) >= 11 is 0. The highest BCUT2D eigenvalue weighted by Crippen LogP contribution is 2.59. The van der Waals surface area contributed by atoms with Gasteiger partial charge in [-0.25, -0.2) is 0 Å². The minimum absolute atomic E-state index is 0.869. The predicted octanol–water partition coefficient (Wildman–Crippen LogP) is 3.14. The van der Waals surface area contributed by atoms with Crippen molar-refractivity contribution < 1.29 is 0 Å². The molecule has 56 valence electrons. The van der Waals surface area contributed by atoms with Gasteiger partial charge in [-0.2, -0.15) is 0 Å². The Morgan fingerprint density at radius 3 is 2.50 bits per heavy atom. The summed E-state index contributed by atoms with van der Waals surface area (Å²) in [6.45, 7) is 3.77. The van der Waals surface area contributed by atoms with Gasteiger partial charge in [0.15, 0.2) is 0 Å². The van der Waals surface area contributed by atoms with E-state index in [0.717, 1.165) is 11.3 Å². The minimum Gasteiger partial charge on any atom is -0.103 e. The summed E-state index contributed by atoms with van der Waals surface area (Å²) in [5.41, 5.74) is 0.869. The van der Waals surface area contributed by atoms with Crippen LogP contribution in [0, 0.1) is 11.3 Å². The first-order chi connectivity index (χ1) is 4.85. The molecule has 0 aromatic carbocycles. The van der Waals surface area contributed by atoms with Crippen molar-refractivity contribution >= 4 is 0 Å². The van der Waals surface area contributed by atoms with Crippen molar-refractivity contribution in [2.24, 2.45) is 11.3 Å². The van der Waals surface area contributed by atoms with Crippen molar-refractivity contribution in [1.29, 1.82) is 0 Å². The van der Waals surface area contributed by atoms with Crippen molar-refractivity contribution in [3.8, 4) is 0 Å². The predicted molar refractivity (Wildman–Crippen MR) is 43.8 cm³/mol. The van der Waals surface area contributed by atoms with E-state index in [0.29, 0.717) is 0 Å².